The van der Waals surface area contributed by atoms with Gasteiger partial charge in [-0.3, -0.25) is 0 Å². The van der Waals surface area contributed by atoms with Gasteiger partial charge in [0, 0.05) is 6.54 Å². The monoisotopic (exact) mass is 425 g/mol. The number of nitrogens with one attached hydrogen (secondary N) is 1. The van der Waals surface area contributed by atoms with Gasteiger partial charge in [0.1, 0.15) is 12.4 Å². The van der Waals surface area contributed by atoms with Crippen LogP contribution < -0.4 is 15.5 Å². The van der Waals surface area contributed by atoms with Crippen LogP contribution in [0.1, 0.15) is 46.1 Å². The Morgan fingerprint density at radius 3 is 2.23 bits per heavy atom. The van der Waals surface area contributed by atoms with Gasteiger partial charge in [-0.15, -0.1) is 0 Å². The third kappa shape index (κ3) is 6.49. The lowest BCUT2D eigenvalue weighted by Crippen LogP contribution is -2.41. The summed E-state index contributed by atoms with van der Waals surface area (Å²) in [5.74, 6) is 0.801. The molecule has 1 heterocycles. The lowest BCUT2D eigenvalue weighted by atomic mass is 9.79. The molecule has 2 aromatic rings. The second-order valence-electron chi connectivity index (χ2n) is 8.70. The maximum atomic E-state index is 11.7. The van der Waals surface area contributed by atoms with Crippen molar-refractivity contribution in [1.82, 2.24) is 5.32 Å². The number of benzene rings is 2. The molecule has 0 spiro atoms. The fourth-order valence-corrected chi connectivity index (χ4v) is 3.08. The molecule has 1 amide bonds. The van der Waals surface area contributed by atoms with E-state index in [1.54, 1.807) is 0 Å². The standard InChI is InChI=1S/C24H32BNO5/c1-23(2)24(3,4)31-25(30-23)20-12-14-21(15-13-20)28-17-9-8-16-26-22(27)29-18-19-10-6-5-7-11-19/h5-7,10-15H,8-9,16-18H2,1-4H3,(H,26,27). The molecule has 1 aliphatic heterocycles. The quantitative estimate of drug-likeness (QED) is 0.485. The van der Waals surface area contributed by atoms with Crippen molar-refractivity contribution < 1.29 is 23.6 Å². The number of hydrogen-bond donors (Lipinski definition) is 1. The number of carbonyl (C=O) groups is 1. The molecule has 2 aromatic carbocycles. The van der Waals surface area contributed by atoms with Crippen molar-refractivity contribution in [2.45, 2.75) is 58.3 Å². The molecule has 166 valence electrons. The molecule has 0 aliphatic carbocycles. The van der Waals surface area contributed by atoms with Crippen molar-refractivity contribution in [2.75, 3.05) is 13.2 Å². The number of unbranched alkanes of at least 4 members (excludes halogenated alkanes) is 1. The summed E-state index contributed by atoms with van der Waals surface area (Å²) in [5.41, 5.74) is 1.24. The molecule has 1 aliphatic rings. The van der Waals surface area contributed by atoms with E-state index in [9.17, 15) is 4.79 Å². The summed E-state index contributed by atoms with van der Waals surface area (Å²) in [5, 5.41) is 2.76. The average Bonchev–Trinajstić information content (AvgIpc) is 2.97. The van der Waals surface area contributed by atoms with E-state index in [1.807, 2.05) is 82.3 Å². The molecule has 6 nitrogen and oxygen atoms in total. The van der Waals surface area contributed by atoms with Crippen molar-refractivity contribution in [2.24, 2.45) is 0 Å². The van der Waals surface area contributed by atoms with E-state index in [0.29, 0.717) is 13.2 Å². The fraction of sp³-hybridized carbons (Fsp3) is 0.458. The van der Waals surface area contributed by atoms with Crippen LogP contribution in [-0.4, -0.2) is 37.6 Å². The van der Waals surface area contributed by atoms with Gasteiger partial charge in [-0.05, 0) is 63.7 Å². The zero-order valence-corrected chi connectivity index (χ0v) is 18.9. The highest BCUT2D eigenvalue weighted by atomic mass is 16.7. The van der Waals surface area contributed by atoms with Crippen molar-refractivity contribution in [3.8, 4) is 5.75 Å². The summed E-state index contributed by atoms with van der Waals surface area (Å²) >= 11 is 0. The molecule has 1 saturated heterocycles. The molecule has 1 fully saturated rings. The van der Waals surface area contributed by atoms with E-state index >= 15 is 0 Å². The molecule has 3 rings (SSSR count). The Bertz CT molecular complexity index is 823. The molecule has 31 heavy (non-hydrogen) atoms. The van der Waals surface area contributed by atoms with E-state index in [4.69, 9.17) is 18.8 Å². The van der Waals surface area contributed by atoms with Crippen LogP contribution >= 0.6 is 0 Å². The van der Waals surface area contributed by atoms with Gasteiger partial charge < -0.3 is 24.1 Å². The van der Waals surface area contributed by atoms with Crippen LogP contribution in [0.5, 0.6) is 5.75 Å². The van der Waals surface area contributed by atoms with Gasteiger partial charge in [-0.2, -0.15) is 0 Å². The minimum atomic E-state index is -0.400. The van der Waals surface area contributed by atoms with Gasteiger partial charge in [0.25, 0.3) is 0 Å². The lowest BCUT2D eigenvalue weighted by Gasteiger charge is -2.32. The largest absolute Gasteiger partial charge is 0.494 e. The van der Waals surface area contributed by atoms with Crippen LogP contribution in [-0.2, 0) is 20.7 Å². The predicted octanol–water partition coefficient (Wildman–Crippen LogP) is 4.07. The van der Waals surface area contributed by atoms with E-state index < -0.39 is 6.09 Å². The van der Waals surface area contributed by atoms with E-state index in [1.165, 1.54) is 0 Å². The molecular weight excluding hydrogens is 393 g/mol. The van der Waals surface area contributed by atoms with Crippen LogP contribution in [0.3, 0.4) is 0 Å². The van der Waals surface area contributed by atoms with Crippen LogP contribution in [0.4, 0.5) is 4.79 Å². The van der Waals surface area contributed by atoms with E-state index in [-0.39, 0.29) is 24.9 Å². The fourth-order valence-electron chi connectivity index (χ4n) is 3.08. The number of carbonyl (C=O) groups excluding carboxylic acids is 1. The first-order valence-corrected chi connectivity index (χ1v) is 10.8. The zero-order valence-electron chi connectivity index (χ0n) is 18.9. The Balaban J connectivity index is 1.29. The van der Waals surface area contributed by atoms with Crippen LogP contribution in [0, 0.1) is 0 Å². The predicted molar refractivity (Wildman–Crippen MR) is 122 cm³/mol. The summed E-state index contributed by atoms with van der Waals surface area (Å²) in [6, 6.07) is 17.4. The van der Waals surface area contributed by atoms with Crippen molar-refractivity contribution in [3.05, 3.63) is 60.2 Å². The molecule has 0 bridgehead atoms. The highest BCUT2D eigenvalue weighted by Crippen LogP contribution is 2.36. The van der Waals surface area contributed by atoms with Gasteiger partial charge in [-0.1, -0.05) is 42.5 Å². The highest BCUT2D eigenvalue weighted by Gasteiger charge is 2.51. The lowest BCUT2D eigenvalue weighted by molar-refractivity contribution is 0.00578. The van der Waals surface area contributed by atoms with Crippen LogP contribution in [0.25, 0.3) is 0 Å². The molecule has 0 radical (unpaired) electrons. The summed E-state index contributed by atoms with van der Waals surface area (Å²) in [6.45, 7) is 9.58. The number of ether oxygens (including phenoxy) is 2. The second kappa shape index (κ2) is 10.2. The van der Waals surface area contributed by atoms with E-state index in [0.717, 1.165) is 29.6 Å². The van der Waals surface area contributed by atoms with Gasteiger partial charge in [0.15, 0.2) is 0 Å². The summed E-state index contributed by atoms with van der Waals surface area (Å²) in [4.78, 5) is 11.7. The minimum Gasteiger partial charge on any atom is -0.494 e. The summed E-state index contributed by atoms with van der Waals surface area (Å²) < 4.78 is 23.1. The van der Waals surface area contributed by atoms with Crippen molar-refractivity contribution >= 4 is 18.7 Å². The molecular formula is C24H32BNO5. The van der Waals surface area contributed by atoms with Crippen molar-refractivity contribution in [1.29, 1.82) is 0 Å². The number of alkyl carbamates (subject to hydrolysis) is 1. The second-order valence-corrected chi connectivity index (χ2v) is 8.70. The zero-order chi connectivity index (χ0) is 22.3. The topological polar surface area (TPSA) is 66.0 Å². The van der Waals surface area contributed by atoms with Gasteiger partial charge in [0.05, 0.1) is 17.8 Å². The number of rotatable bonds is 9. The molecule has 0 atom stereocenters. The summed E-state index contributed by atoms with van der Waals surface area (Å²) in [7, 11) is -0.369. The molecule has 7 heteroatoms. The molecule has 0 unspecified atom stereocenters. The SMILES string of the molecule is CC1(C)OB(c2ccc(OCCCCNC(=O)OCc3ccccc3)cc2)OC1(C)C. The maximum absolute atomic E-state index is 11.7. The number of hydrogen-bond acceptors (Lipinski definition) is 5. The Labute approximate surface area is 185 Å². The third-order valence-electron chi connectivity index (χ3n) is 5.73. The Hall–Kier alpha value is -2.51. The Kier molecular flexibility index (Phi) is 7.62. The molecule has 0 aromatic heterocycles. The third-order valence-corrected chi connectivity index (χ3v) is 5.73. The van der Waals surface area contributed by atoms with Gasteiger partial charge in [0.2, 0.25) is 0 Å². The normalized spacial score (nSPS) is 16.7. The molecule has 0 saturated carbocycles. The minimum absolute atomic E-state index is 0.276. The maximum Gasteiger partial charge on any atom is 0.494 e. The van der Waals surface area contributed by atoms with E-state index in [2.05, 4.69) is 5.32 Å². The average molecular weight is 425 g/mol. The molecule has 1 N–H and O–H groups in total. The first-order chi connectivity index (χ1) is 14.8. The smallest absolute Gasteiger partial charge is 0.494 e. The van der Waals surface area contributed by atoms with Gasteiger partial charge >= 0.3 is 13.2 Å². The van der Waals surface area contributed by atoms with Crippen LogP contribution in [0.15, 0.2) is 54.6 Å². The first-order valence-electron chi connectivity index (χ1n) is 10.8. The van der Waals surface area contributed by atoms with Gasteiger partial charge in [-0.25, -0.2) is 4.79 Å². The summed E-state index contributed by atoms with van der Waals surface area (Å²) in [6.07, 6.45) is 1.24. The Morgan fingerprint density at radius 2 is 1.58 bits per heavy atom. The van der Waals surface area contributed by atoms with Crippen LogP contribution in [0.2, 0.25) is 0 Å². The Morgan fingerprint density at radius 1 is 0.935 bits per heavy atom. The highest BCUT2D eigenvalue weighted by molar-refractivity contribution is 6.62. The van der Waals surface area contributed by atoms with Crippen molar-refractivity contribution in [3.63, 3.8) is 0 Å². The first kappa shape index (κ1) is 23.2. The number of amides is 1.